The van der Waals surface area contributed by atoms with E-state index in [1.165, 1.54) is 12.1 Å². The van der Waals surface area contributed by atoms with Gasteiger partial charge in [-0.15, -0.1) is 0 Å². The van der Waals surface area contributed by atoms with Crippen LogP contribution in [0.15, 0.2) is 67.0 Å². The molecule has 3 heterocycles. The van der Waals surface area contributed by atoms with Crippen LogP contribution in [0.3, 0.4) is 0 Å². The molecule has 3 aromatic heterocycles. The van der Waals surface area contributed by atoms with E-state index in [1.54, 1.807) is 29.3 Å². The van der Waals surface area contributed by atoms with Gasteiger partial charge in [0, 0.05) is 17.1 Å². The number of benzene rings is 2. The number of hydrogen-bond donors (Lipinski definition) is 2. The minimum Gasteiger partial charge on any atom is -0.357 e. The van der Waals surface area contributed by atoms with Gasteiger partial charge in [0.05, 0.1) is 17.2 Å². The molecule has 7 heteroatoms. The van der Waals surface area contributed by atoms with Crippen LogP contribution >= 0.6 is 0 Å². The second kappa shape index (κ2) is 5.66. The fourth-order valence-electron chi connectivity index (χ4n) is 2.92. The number of nitrogens with zero attached hydrogens (tertiary/aromatic N) is 4. The minimum atomic E-state index is -0.294. The van der Waals surface area contributed by atoms with Crippen molar-refractivity contribution in [1.29, 1.82) is 0 Å². The number of halogens is 1. The summed E-state index contributed by atoms with van der Waals surface area (Å²) in [6.45, 7) is 0. The van der Waals surface area contributed by atoms with E-state index in [2.05, 4.69) is 25.5 Å². The molecule has 5 aromatic rings. The highest BCUT2D eigenvalue weighted by Gasteiger charge is 2.12. The zero-order valence-corrected chi connectivity index (χ0v) is 13.5. The van der Waals surface area contributed by atoms with Crippen molar-refractivity contribution in [3.05, 3.63) is 72.8 Å². The lowest BCUT2D eigenvalue weighted by Crippen LogP contribution is -2.12. The Hall–Kier alpha value is -3.74. The third-order valence-electron chi connectivity index (χ3n) is 4.20. The van der Waals surface area contributed by atoms with Gasteiger partial charge in [0.25, 0.3) is 0 Å². The van der Waals surface area contributed by atoms with Crippen LogP contribution in [-0.2, 0) is 0 Å². The van der Waals surface area contributed by atoms with Crippen molar-refractivity contribution in [2.75, 3.05) is 5.43 Å². The molecule has 0 atom stereocenters. The van der Waals surface area contributed by atoms with E-state index >= 15 is 0 Å². The Morgan fingerprint density at radius 3 is 2.69 bits per heavy atom. The lowest BCUT2D eigenvalue weighted by atomic mass is 10.2. The van der Waals surface area contributed by atoms with Crippen molar-refractivity contribution >= 4 is 27.8 Å². The minimum absolute atomic E-state index is 0.294. The standard InChI is InChI=1S/C19H13FN6/c20-14-7-5-12(6-8-14)18-23-15-9-10-21-17(15)19(24-18)25-26-16-4-2-1-3-13(16)11-22-26/h1-11,21H,(H,23,24,25). The van der Waals surface area contributed by atoms with Gasteiger partial charge in [-0.1, -0.05) is 18.2 Å². The summed E-state index contributed by atoms with van der Waals surface area (Å²) in [4.78, 5) is 14.0. The fraction of sp³-hybridized carbons (Fsp3) is 0. The number of H-pyrrole nitrogens is 1. The van der Waals surface area contributed by atoms with Crippen molar-refractivity contribution in [1.82, 2.24) is 24.8 Å². The van der Waals surface area contributed by atoms with Crippen LogP contribution in [0.4, 0.5) is 10.2 Å². The van der Waals surface area contributed by atoms with Gasteiger partial charge in [-0.05, 0) is 36.4 Å². The zero-order chi connectivity index (χ0) is 17.5. The molecule has 0 aliphatic carbocycles. The SMILES string of the molecule is Fc1ccc(-c2nc(Nn3ncc4ccccc43)c3[nH]ccc3n2)cc1. The third-order valence-corrected chi connectivity index (χ3v) is 4.20. The van der Waals surface area contributed by atoms with Crippen molar-refractivity contribution in [2.45, 2.75) is 0 Å². The molecule has 0 aliphatic rings. The molecule has 0 bridgehead atoms. The third kappa shape index (κ3) is 2.37. The summed E-state index contributed by atoms with van der Waals surface area (Å²) in [5.74, 6) is 0.807. The van der Waals surface area contributed by atoms with Crippen LogP contribution in [0, 0.1) is 5.82 Å². The lowest BCUT2D eigenvalue weighted by Gasteiger charge is -2.10. The van der Waals surface area contributed by atoms with Crippen molar-refractivity contribution in [3.8, 4) is 11.4 Å². The number of rotatable bonds is 3. The van der Waals surface area contributed by atoms with E-state index in [4.69, 9.17) is 0 Å². The Morgan fingerprint density at radius 2 is 1.81 bits per heavy atom. The van der Waals surface area contributed by atoms with Crippen LogP contribution in [0.5, 0.6) is 0 Å². The summed E-state index contributed by atoms with van der Waals surface area (Å²) in [5, 5.41) is 5.40. The Bertz CT molecular complexity index is 1220. The molecule has 2 aromatic carbocycles. The molecule has 0 saturated heterocycles. The predicted octanol–water partition coefficient (Wildman–Crippen LogP) is 3.99. The summed E-state index contributed by atoms with van der Waals surface area (Å²) in [5.41, 5.74) is 6.44. The van der Waals surface area contributed by atoms with E-state index in [0.29, 0.717) is 11.6 Å². The summed E-state index contributed by atoms with van der Waals surface area (Å²) < 4.78 is 13.2. The Balaban J connectivity index is 1.64. The molecule has 0 unspecified atom stereocenters. The molecule has 0 radical (unpaired) electrons. The summed E-state index contributed by atoms with van der Waals surface area (Å²) in [6.07, 6.45) is 3.59. The molecular formula is C19H13FN6. The first-order valence-electron chi connectivity index (χ1n) is 8.09. The molecular weight excluding hydrogens is 331 g/mol. The first-order chi connectivity index (χ1) is 12.8. The normalized spacial score (nSPS) is 11.3. The molecule has 5 rings (SSSR count). The average Bonchev–Trinajstić information content (AvgIpc) is 3.30. The quantitative estimate of drug-likeness (QED) is 0.519. The summed E-state index contributed by atoms with van der Waals surface area (Å²) >= 11 is 0. The number of fused-ring (bicyclic) bond motifs is 2. The molecule has 0 saturated carbocycles. The highest BCUT2D eigenvalue weighted by molar-refractivity contribution is 5.88. The van der Waals surface area contributed by atoms with Gasteiger partial charge in [0.1, 0.15) is 11.3 Å². The molecule has 0 aliphatic heterocycles. The molecule has 6 nitrogen and oxygen atoms in total. The molecule has 0 fully saturated rings. The molecule has 2 N–H and O–H groups in total. The van der Waals surface area contributed by atoms with Crippen LogP contribution in [0.2, 0.25) is 0 Å². The number of aromatic amines is 1. The van der Waals surface area contributed by atoms with Crippen LogP contribution < -0.4 is 5.43 Å². The predicted molar refractivity (Wildman–Crippen MR) is 98.0 cm³/mol. The van der Waals surface area contributed by atoms with E-state index in [-0.39, 0.29) is 5.82 Å². The average molecular weight is 344 g/mol. The molecule has 26 heavy (non-hydrogen) atoms. The fourth-order valence-corrected chi connectivity index (χ4v) is 2.92. The van der Waals surface area contributed by atoms with Crippen molar-refractivity contribution in [2.24, 2.45) is 0 Å². The van der Waals surface area contributed by atoms with Gasteiger partial charge in [0.15, 0.2) is 11.6 Å². The topological polar surface area (TPSA) is 71.4 Å². The Morgan fingerprint density at radius 1 is 0.962 bits per heavy atom. The number of anilines is 1. The van der Waals surface area contributed by atoms with Gasteiger partial charge in [0.2, 0.25) is 0 Å². The van der Waals surface area contributed by atoms with Gasteiger partial charge in [-0.2, -0.15) is 9.89 Å². The maximum absolute atomic E-state index is 13.2. The Labute approximate surface area is 147 Å². The van der Waals surface area contributed by atoms with Gasteiger partial charge in [-0.3, -0.25) is 5.43 Å². The van der Waals surface area contributed by atoms with Crippen LogP contribution in [-0.4, -0.2) is 24.8 Å². The number of aromatic nitrogens is 5. The van der Waals surface area contributed by atoms with E-state index in [1.807, 2.05) is 30.3 Å². The number of nitrogens with one attached hydrogen (secondary N) is 2. The van der Waals surface area contributed by atoms with E-state index in [0.717, 1.165) is 27.5 Å². The lowest BCUT2D eigenvalue weighted by molar-refractivity contribution is 0.628. The summed E-state index contributed by atoms with van der Waals surface area (Å²) in [7, 11) is 0. The van der Waals surface area contributed by atoms with Crippen LogP contribution in [0.25, 0.3) is 33.3 Å². The first-order valence-corrected chi connectivity index (χ1v) is 8.09. The number of para-hydroxylation sites is 1. The van der Waals surface area contributed by atoms with Crippen molar-refractivity contribution in [3.63, 3.8) is 0 Å². The highest BCUT2D eigenvalue weighted by Crippen LogP contribution is 2.25. The molecule has 0 spiro atoms. The summed E-state index contributed by atoms with van der Waals surface area (Å²) in [6, 6.07) is 15.9. The zero-order valence-electron chi connectivity index (χ0n) is 13.5. The number of hydrogen-bond acceptors (Lipinski definition) is 4. The maximum atomic E-state index is 13.2. The smallest absolute Gasteiger partial charge is 0.174 e. The second-order valence-electron chi connectivity index (χ2n) is 5.87. The van der Waals surface area contributed by atoms with Gasteiger partial charge in [-0.25, -0.2) is 14.4 Å². The molecule has 126 valence electrons. The first kappa shape index (κ1) is 14.6. The van der Waals surface area contributed by atoms with Crippen LogP contribution in [0.1, 0.15) is 0 Å². The second-order valence-corrected chi connectivity index (χ2v) is 5.87. The van der Waals surface area contributed by atoms with Crippen molar-refractivity contribution < 1.29 is 4.39 Å². The van der Waals surface area contributed by atoms with E-state index in [9.17, 15) is 4.39 Å². The largest absolute Gasteiger partial charge is 0.357 e. The Kier molecular flexibility index (Phi) is 3.18. The van der Waals surface area contributed by atoms with Gasteiger partial charge >= 0.3 is 0 Å². The van der Waals surface area contributed by atoms with E-state index < -0.39 is 0 Å². The monoisotopic (exact) mass is 344 g/mol. The highest BCUT2D eigenvalue weighted by atomic mass is 19.1. The maximum Gasteiger partial charge on any atom is 0.174 e. The molecule has 0 amide bonds. The van der Waals surface area contributed by atoms with Gasteiger partial charge < -0.3 is 4.98 Å².